The summed E-state index contributed by atoms with van der Waals surface area (Å²) in [7, 11) is 1.83. The summed E-state index contributed by atoms with van der Waals surface area (Å²) in [6, 6.07) is 12.4. The van der Waals surface area contributed by atoms with E-state index in [1.807, 2.05) is 44.1 Å². The number of hydrogen-bond acceptors (Lipinski definition) is 3. The van der Waals surface area contributed by atoms with Gasteiger partial charge in [-0.05, 0) is 41.9 Å². The molecule has 24 heavy (non-hydrogen) atoms. The number of carbonyl (C=O) groups excluding carboxylic acids is 1. The average molecular weight is 341 g/mol. The van der Waals surface area contributed by atoms with E-state index < -0.39 is 0 Å². The summed E-state index contributed by atoms with van der Waals surface area (Å²) in [4.78, 5) is 18.4. The molecule has 0 spiro atoms. The van der Waals surface area contributed by atoms with Gasteiger partial charge in [0.1, 0.15) is 0 Å². The number of rotatable bonds is 4. The van der Waals surface area contributed by atoms with Gasteiger partial charge in [-0.2, -0.15) is 11.8 Å². The molecule has 0 saturated heterocycles. The molecule has 5 heteroatoms. The predicted octanol–water partition coefficient (Wildman–Crippen LogP) is 3.81. The van der Waals surface area contributed by atoms with Crippen molar-refractivity contribution in [2.24, 2.45) is 0 Å². The van der Waals surface area contributed by atoms with Crippen LogP contribution in [0.3, 0.4) is 0 Å². The molecule has 0 aliphatic carbocycles. The van der Waals surface area contributed by atoms with Gasteiger partial charge in [0.2, 0.25) is 0 Å². The second-order valence-electron chi connectivity index (χ2n) is 6.07. The third-order valence-corrected chi connectivity index (χ3v) is 5.86. The number of nitrogens with one attached hydrogen (secondary N) is 1. The molecular formula is C19H23N3OS. The Morgan fingerprint density at radius 2 is 2.21 bits per heavy atom. The molecular weight excluding hydrogens is 318 g/mol. The highest BCUT2D eigenvalue weighted by atomic mass is 32.2. The summed E-state index contributed by atoms with van der Waals surface area (Å²) in [5, 5.41) is 3.42. The maximum absolute atomic E-state index is 12.5. The van der Waals surface area contributed by atoms with Crippen LogP contribution in [0.4, 0.5) is 4.79 Å². The van der Waals surface area contributed by atoms with Crippen molar-refractivity contribution in [1.82, 2.24) is 15.2 Å². The van der Waals surface area contributed by atoms with E-state index in [-0.39, 0.29) is 12.1 Å². The Labute approximate surface area is 147 Å². The van der Waals surface area contributed by atoms with Gasteiger partial charge in [-0.15, -0.1) is 0 Å². The molecule has 2 aromatic rings. The number of carbonyl (C=O) groups is 1. The highest BCUT2D eigenvalue weighted by molar-refractivity contribution is 7.99. The summed E-state index contributed by atoms with van der Waals surface area (Å²) in [6.45, 7) is 2.67. The lowest BCUT2D eigenvalue weighted by Crippen LogP contribution is -2.40. The quantitative estimate of drug-likeness (QED) is 0.920. The van der Waals surface area contributed by atoms with Crippen molar-refractivity contribution in [3.63, 3.8) is 0 Å². The van der Waals surface area contributed by atoms with Crippen molar-refractivity contribution >= 4 is 17.8 Å². The molecule has 3 rings (SSSR count). The first-order valence-electron chi connectivity index (χ1n) is 8.27. The maximum Gasteiger partial charge on any atom is 0.317 e. The van der Waals surface area contributed by atoms with E-state index in [4.69, 9.17) is 0 Å². The molecule has 2 amide bonds. The number of thioether (sulfide) groups is 1. The average Bonchev–Trinajstić information content (AvgIpc) is 2.65. The van der Waals surface area contributed by atoms with Gasteiger partial charge in [-0.3, -0.25) is 4.98 Å². The second kappa shape index (κ2) is 7.71. The Bertz CT molecular complexity index is 692. The zero-order valence-corrected chi connectivity index (χ0v) is 14.9. The molecule has 126 valence electrons. The first kappa shape index (κ1) is 16.8. The van der Waals surface area contributed by atoms with Crippen molar-refractivity contribution in [2.45, 2.75) is 24.6 Å². The summed E-state index contributed by atoms with van der Waals surface area (Å²) in [5.41, 5.74) is 3.80. The van der Waals surface area contributed by atoms with Gasteiger partial charge in [-0.1, -0.05) is 30.3 Å². The van der Waals surface area contributed by atoms with Crippen molar-refractivity contribution in [1.29, 1.82) is 0 Å². The van der Waals surface area contributed by atoms with Crippen LogP contribution in [0.5, 0.6) is 0 Å². The van der Waals surface area contributed by atoms with Crippen LogP contribution in [0.2, 0.25) is 0 Å². The summed E-state index contributed by atoms with van der Waals surface area (Å²) >= 11 is 1.92. The fraction of sp³-hybridized carbons (Fsp3) is 0.368. The Morgan fingerprint density at radius 3 is 3.00 bits per heavy atom. The van der Waals surface area contributed by atoms with E-state index in [1.165, 1.54) is 11.1 Å². The fourth-order valence-corrected chi connectivity index (χ4v) is 4.21. The minimum absolute atomic E-state index is 0.00926. The molecule has 1 N–H and O–H groups in total. The number of fused-ring (bicyclic) bond motifs is 1. The Balaban J connectivity index is 1.60. The number of urea groups is 1. The smallest absolute Gasteiger partial charge is 0.317 e. The number of aryl methyl sites for hydroxylation is 1. The third kappa shape index (κ3) is 3.73. The molecule has 4 nitrogen and oxygen atoms in total. The van der Waals surface area contributed by atoms with Crippen LogP contribution in [0, 0.1) is 0 Å². The van der Waals surface area contributed by atoms with E-state index in [9.17, 15) is 4.79 Å². The van der Waals surface area contributed by atoms with Gasteiger partial charge in [0.05, 0.1) is 6.04 Å². The molecule has 0 bridgehead atoms. The van der Waals surface area contributed by atoms with E-state index >= 15 is 0 Å². The van der Waals surface area contributed by atoms with Gasteiger partial charge in [0, 0.05) is 31.2 Å². The van der Waals surface area contributed by atoms with Gasteiger partial charge in [0.25, 0.3) is 0 Å². The van der Waals surface area contributed by atoms with Gasteiger partial charge < -0.3 is 10.2 Å². The lowest BCUT2D eigenvalue weighted by molar-refractivity contribution is 0.194. The van der Waals surface area contributed by atoms with Crippen LogP contribution in [0.25, 0.3) is 0 Å². The van der Waals surface area contributed by atoms with Gasteiger partial charge in [-0.25, -0.2) is 4.79 Å². The summed E-state index contributed by atoms with van der Waals surface area (Å²) in [5.74, 6) is 1.11. The second-order valence-corrected chi connectivity index (χ2v) is 7.38. The van der Waals surface area contributed by atoms with Crippen LogP contribution in [-0.4, -0.2) is 35.3 Å². The number of hydrogen-bond donors (Lipinski definition) is 1. The molecule has 0 saturated carbocycles. The van der Waals surface area contributed by atoms with Gasteiger partial charge >= 0.3 is 6.03 Å². The molecule has 0 unspecified atom stereocenters. The van der Waals surface area contributed by atoms with Gasteiger partial charge in [0.15, 0.2) is 0 Å². The number of nitrogens with zero attached hydrogens (tertiary/aromatic N) is 2. The van der Waals surface area contributed by atoms with E-state index in [2.05, 4.69) is 34.6 Å². The number of benzene rings is 1. The number of pyridine rings is 1. The Kier molecular flexibility index (Phi) is 5.41. The maximum atomic E-state index is 12.5. The molecule has 1 aromatic heterocycles. The van der Waals surface area contributed by atoms with Crippen LogP contribution >= 0.6 is 11.8 Å². The lowest BCUT2D eigenvalue weighted by Gasteiger charge is -2.28. The normalized spacial score (nSPS) is 17.7. The molecule has 1 aliphatic heterocycles. The predicted molar refractivity (Wildman–Crippen MR) is 99.2 cm³/mol. The number of amides is 2. The van der Waals surface area contributed by atoms with E-state index in [0.717, 1.165) is 17.7 Å². The summed E-state index contributed by atoms with van der Waals surface area (Å²) < 4.78 is 0. The Hall–Kier alpha value is -2.01. The highest BCUT2D eigenvalue weighted by Crippen LogP contribution is 2.36. The van der Waals surface area contributed by atoms with Crippen molar-refractivity contribution in [3.8, 4) is 0 Å². The molecule has 0 radical (unpaired) electrons. The van der Waals surface area contributed by atoms with Crippen LogP contribution < -0.4 is 5.32 Å². The fourth-order valence-electron chi connectivity index (χ4n) is 2.97. The first-order chi connectivity index (χ1) is 11.7. The molecule has 0 fully saturated rings. The van der Waals surface area contributed by atoms with Crippen LogP contribution in [0.1, 0.15) is 34.9 Å². The van der Waals surface area contributed by atoms with Crippen LogP contribution in [-0.2, 0) is 6.42 Å². The van der Waals surface area contributed by atoms with E-state index in [1.54, 1.807) is 11.1 Å². The Morgan fingerprint density at radius 1 is 1.38 bits per heavy atom. The molecule has 2 heterocycles. The standard InChI is InChI=1S/C19H23N3OS/c1-14(16-7-5-10-20-12-16)22(2)19(23)21-13-18-17-8-4-3-6-15(17)9-11-24-18/h3-8,10,12,14,18H,9,11,13H2,1-2H3,(H,21,23)/t14-,18-/m0/s1. The van der Waals surface area contributed by atoms with Crippen molar-refractivity contribution < 1.29 is 4.79 Å². The molecule has 1 aromatic carbocycles. The third-order valence-electron chi connectivity index (χ3n) is 4.60. The first-order valence-corrected chi connectivity index (χ1v) is 9.31. The zero-order chi connectivity index (χ0) is 16.9. The monoisotopic (exact) mass is 341 g/mol. The topological polar surface area (TPSA) is 45.2 Å². The minimum Gasteiger partial charge on any atom is -0.337 e. The van der Waals surface area contributed by atoms with E-state index in [0.29, 0.717) is 11.8 Å². The highest BCUT2D eigenvalue weighted by Gasteiger charge is 2.23. The van der Waals surface area contributed by atoms with Crippen molar-refractivity contribution in [3.05, 3.63) is 65.5 Å². The minimum atomic E-state index is -0.0463. The van der Waals surface area contributed by atoms with Crippen molar-refractivity contribution in [2.75, 3.05) is 19.3 Å². The SMILES string of the molecule is C[C@@H](c1cccnc1)N(C)C(=O)NC[C@@H]1SCCc2ccccc21. The molecule has 1 aliphatic rings. The molecule has 2 atom stereocenters. The summed E-state index contributed by atoms with van der Waals surface area (Å²) in [6.07, 6.45) is 4.67. The zero-order valence-electron chi connectivity index (χ0n) is 14.1. The van der Waals surface area contributed by atoms with Crippen LogP contribution in [0.15, 0.2) is 48.8 Å². The lowest BCUT2D eigenvalue weighted by atomic mass is 10.0. The largest absolute Gasteiger partial charge is 0.337 e. The number of aromatic nitrogens is 1.